The smallest absolute Gasteiger partial charge is 0.0698 e. The number of aliphatic hydroxyl groups is 1. The average Bonchev–Trinajstić information content (AvgIpc) is 2.62. The van der Waals surface area contributed by atoms with Crippen molar-refractivity contribution in [3.63, 3.8) is 0 Å². The topological polar surface area (TPSA) is 20.2 Å². The third-order valence-corrected chi connectivity index (χ3v) is 3.79. The number of hydrogen-bond donors (Lipinski definition) is 1. The third kappa shape index (κ3) is 2.12. The molecule has 1 fully saturated rings. The standard InChI is InChI=1S/C11H16OS/c1-9-4-5-11(12,7-9)8-10-3-2-6-13-10/h2-3,6,9,12H,4-5,7-8H2,1H3. The van der Waals surface area contributed by atoms with E-state index in [-0.39, 0.29) is 0 Å². The summed E-state index contributed by atoms with van der Waals surface area (Å²) >= 11 is 1.75. The molecule has 1 N–H and O–H groups in total. The molecule has 1 aromatic rings. The van der Waals surface area contributed by atoms with E-state index in [1.165, 1.54) is 11.3 Å². The molecule has 1 aliphatic carbocycles. The van der Waals surface area contributed by atoms with Crippen molar-refractivity contribution in [1.82, 2.24) is 0 Å². The van der Waals surface area contributed by atoms with Gasteiger partial charge in [-0.05, 0) is 36.6 Å². The van der Waals surface area contributed by atoms with Crippen molar-refractivity contribution >= 4 is 11.3 Å². The molecule has 2 rings (SSSR count). The predicted octanol–water partition coefficient (Wildman–Crippen LogP) is 2.84. The van der Waals surface area contributed by atoms with E-state index in [0.29, 0.717) is 5.92 Å². The molecule has 0 saturated heterocycles. The summed E-state index contributed by atoms with van der Waals surface area (Å²) in [6.45, 7) is 2.23. The largest absolute Gasteiger partial charge is 0.390 e. The summed E-state index contributed by atoms with van der Waals surface area (Å²) in [5.41, 5.74) is -0.399. The molecule has 13 heavy (non-hydrogen) atoms. The zero-order chi connectivity index (χ0) is 9.31. The van der Waals surface area contributed by atoms with Gasteiger partial charge in [0.1, 0.15) is 0 Å². The maximum atomic E-state index is 10.2. The van der Waals surface area contributed by atoms with Gasteiger partial charge in [-0.15, -0.1) is 11.3 Å². The van der Waals surface area contributed by atoms with Crippen LogP contribution in [-0.2, 0) is 6.42 Å². The molecular formula is C11H16OS. The van der Waals surface area contributed by atoms with Gasteiger partial charge in [0.15, 0.2) is 0 Å². The van der Waals surface area contributed by atoms with E-state index in [2.05, 4.69) is 24.4 Å². The molecule has 2 atom stereocenters. The van der Waals surface area contributed by atoms with Gasteiger partial charge < -0.3 is 5.11 Å². The molecule has 1 heterocycles. The van der Waals surface area contributed by atoms with Crippen LogP contribution in [0.15, 0.2) is 17.5 Å². The van der Waals surface area contributed by atoms with E-state index in [4.69, 9.17) is 0 Å². The molecule has 1 saturated carbocycles. The highest BCUT2D eigenvalue weighted by molar-refractivity contribution is 7.09. The first-order chi connectivity index (χ1) is 6.18. The SMILES string of the molecule is CC1CCC(O)(Cc2cccs2)C1. The lowest BCUT2D eigenvalue weighted by atomic mass is 9.96. The lowest BCUT2D eigenvalue weighted by Crippen LogP contribution is -2.27. The van der Waals surface area contributed by atoms with Crippen LogP contribution in [-0.4, -0.2) is 10.7 Å². The zero-order valence-electron chi connectivity index (χ0n) is 7.99. The molecular weight excluding hydrogens is 180 g/mol. The number of thiophene rings is 1. The molecule has 0 radical (unpaired) electrons. The molecule has 1 aromatic heterocycles. The number of hydrogen-bond acceptors (Lipinski definition) is 2. The monoisotopic (exact) mass is 196 g/mol. The Morgan fingerprint density at radius 3 is 3.08 bits per heavy atom. The first-order valence-electron chi connectivity index (χ1n) is 4.93. The molecule has 0 bridgehead atoms. The van der Waals surface area contributed by atoms with Gasteiger partial charge in [-0.1, -0.05) is 13.0 Å². The maximum absolute atomic E-state index is 10.2. The molecule has 1 nitrogen and oxygen atoms in total. The van der Waals surface area contributed by atoms with Gasteiger partial charge in [0.2, 0.25) is 0 Å². The van der Waals surface area contributed by atoms with Crippen molar-refractivity contribution in [3.8, 4) is 0 Å². The fourth-order valence-corrected chi connectivity index (χ4v) is 3.11. The van der Waals surface area contributed by atoms with Gasteiger partial charge in [-0.2, -0.15) is 0 Å². The van der Waals surface area contributed by atoms with E-state index < -0.39 is 5.60 Å². The van der Waals surface area contributed by atoms with Crippen molar-refractivity contribution < 1.29 is 5.11 Å². The number of rotatable bonds is 2. The normalized spacial score (nSPS) is 33.8. The first-order valence-corrected chi connectivity index (χ1v) is 5.81. The van der Waals surface area contributed by atoms with E-state index in [0.717, 1.165) is 19.3 Å². The highest BCUT2D eigenvalue weighted by atomic mass is 32.1. The van der Waals surface area contributed by atoms with Gasteiger partial charge in [-0.3, -0.25) is 0 Å². The summed E-state index contributed by atoms with van der Waals surface area (Å²) in [4.78, 5) is 1.32. The second kappa shape index (κ2) is 3.43. The molecule has 0 spiro atoms. The average molecular weight is 196 g/mol. The highest BCUT2D eigenvalue weighted by Gasteiger charge is 2.35. The van der Waals surface area contributed by atoms with Crippen molar-refractivity contribution in [3.05, 3.63) is 22.4 Å². The minimum absolute atomic E-state index is 0.399. The van der Waals surface area contributed by atoms with Crippen LogP contribution in [0.5, 0.6) is 0 Å². The quantitative estimate of drug-likeness (QED) is 0.771. The van der Waals surface area contributed by atoms with Crippen LogP contribution >= 0.6 is 11.3 Å². The summed E-state index contributed by atoms with van der Waals surface area (Å²) in [7, 11) is 0. The summed E-state index contributed by atoms with van der Waals surface area (Å²) < 4.78 is 0. The van der Waals surface area contributed by atoms with Crippen molar-refractivity contribution in [1.29, 1.82) is 0 Å². The van der Waals surface area contributed by atoms with Crippen molar-refractivity contribution in [2.45, 2.75) is 38.2 Å². The second-order valence-electron chi connectivity index (χ2n) is 4.33. The molecule has 0 aliphatic heterocycles. The lowest BCUT2D eigenvalue weighted by Gasteiger charge is -2.21. The molecule has 0 aromatic carbocycles. The van der Waals surface area contributed by atoms with Crippen molar-refractivity contribution in [2.75, 3.05) is 0 Å². The fraction of sp³-hybridized carbons (Fsp3) is 0.636. The Labute approximate surface area is 83.4 Å². The van der Waals surface area contributed by atoms with Gasteiger partial charge in [0.25, 0.3) is 0 Å². The second-order valence-corrected chi connectivity index (χ2v) is 5.36. The summed E-state index contributed by atoms with van der Waals surface area (Å²) in [5.74, 6) is 0.699. The Morgan fingerprint density at radius 2 is 2.54 bits per heavy atom. The molecule has 1 aliphatic rings. The predicted molar refractivity (Wildman–Crippen MR) is 56.0 cm³/mol. The van der Waals surface area contributed by atoms with Crippen LogP contribution in [0.25, 0.3) is 0 Å². The van der Waals surface area contributed by atoms with Crippen molar-refractivity contribution in [2.24, 2.45) is 5.92 Å². The fourth-order valence-electron chi connectivity index (χ4n) is 2.27. The van der Waals surface area contributed by atoms with Gasteiger partial charge in [0.05, 0.1) is 5.60 Å². The van der Waals surface area contributed by atoms with E-state index in [9.17, 15) is 5.11 Å². The van der Waals surface area contributed by atoms with E-state index in [1.54, 1.807) is 11.3 Å². The van der Waals surface area contributed by atoms with Gasteiger partial charge in [-0.25, -0.2) is 0 Å². The first kappa shape index (κ1) is 9.22. The van der Waals surface area contributed by atoms with Crippen LogP contribution < -0.4 is 0 Å². The van der Waals surface area contributed by atoms with Gasteiger partial charge >= 0.3 is 0 Å². The summed E-state index contributed by atoms with van der Waals surface area (Å²) in [5, 5.41) is 12.3. The van der Waals surface area contributed by atoms with Crippen LogP contribution in [0.4, 0.5) is 0 Å². The van der Waals surface area contributed by atoms with Crippen LogP contribution in [0.2, 0.25) is 0 Å². The zero-order valence-corrected chi connectivity index (χ0v) is 8.81. The van der Waals surface area contributed by atoms with E-state index in [1.807, 2.05) is 0 Å². The Morgan fingerprint density at radius 1 is 1.69 bits per heavy atom. The summed E-state index contributed by atoms with van der Waals surface area (Å²) in [6, 6.07) is 4.17. The Hall–Kier alpha value is -0.340. The Balaban J connectivity index is 2.01. The molecule has 72 valence electrons. The summed E-state index contributed by atoms with van der Waals surface area (Å²) in [6.07, 6.45) is 3.99. The van der Waals surface area contributed by atoms with Gasteiger partial charge in [0, 0.05) is 11.3 Å². The minimum Gasteiger partial charge on any atom is -0.390 e. The van der Waals surface area contributed by atoms with Crippen LogP contribution in [0.3, 0.4) is 0 Å². The molecule has 2 heteroatoms. The highest BCUT2D eigenvalue weighted by Crippen LogP contribution is 2.37. The van der Waals surface area contributed by atoms with Crippen LogP contribution in [0.1, 0.15) is 31.1 Å². The Kier molecular flexibility index (Phi) is 2.43. The maximum Gasteiger partial charge on any atom is 0.0698 e. The molecule has 0 amide bonds. The minimum atomic E-state index is -0.399. The molecule has 2 unspecified atom stereocenters. The lowest BCUT2D eigenvalue weighted by molar-refractivity contribution is 0.0454. The Bertz CT molecular complexity index is 268. The third-order valence-electron chi connectivity index (χ3n) is 2.91. The van der Waals surface area contributed by atoms with E-state index >= 15 is 0 Å². The van der Waals surface area contributed by atoms with Crippen LogP contribution in [0, 0.1) is 5.92 Å².